The first kappa shape index (κ1) is 19.9. The van der Waals surface area contributed by atoms with Gasteiger partial charge in [0.05, 0.1) is 0 Å². The predicted molar refractivity (Wildman–Crippen MR) is 103 cm³/mol. The number of fused-ring (bicyclic) bond motifs is 1. The first-order valence-electron chi connectivity index (χ1n) is 8.97. The molecule has 2 aliphatic heterocycles. The summed E-state index contributed by atoms with van der Waals surface area (Å²) in [6, 6.07) is 3.23. The average Bonchev–Trinajstić information content (AvgIpc) is 3.03. The summed E-state index contributed by atoms with van der Waals surface area (Å²) in [5, 5.41) is 6.40. The number of nitrogens with zero attached hydrogens (tertiary/aromatic N) is 1. The van der Waals surface area contributed by atoms with Crippen LogP contribution in [0.4, 0.5) is 0 Å². The molecule has 0 unspecified atom stereocenters. The summed E-state index contributed by atoms with van der Waals surface area (Å²) in [5.41, 5.74) is 5.82. The van der Waals surface area contributed by atoms with E-state index in [-0.39, 0.29) is 23.8 Å². The molecule has 27 heavy (non-hydrogen) atoms. The van der Waals surface area contributed by atoms with Crippen LogP contribution in [0.25, 0.3) is 0 Å². The fourth-order valence-corrected chi connectivity index (χ4v) is 4.13. The zero-order chi connectivity index (χ0) is 19.6. The SMILES string of the molecule is NCCCC[C@@H]1NC(=O)[C@@H]2C[C@H](NC(=O)c3cc(Cl)cc(Cl)c3)CN2C1=O. The first-order valence-corrected chi connectivity index (χ1v) is 9.72. The molecule has 0 aliphatic carbocycles. The zero-order valence-electron chi connectivity index (χ0n) is 14.7. The monoisotopic (exact) mass is 412 g/mol. The third-order valence-corrected chi connectivity index (χ3v) is 5.34. The van der Waals surface area contributed by atoms with Crippen molar-refractivity contribution in [2.45, 2.75) is 43.8 Å². The highest BCUT2D eigenvalue weighted by atomic mass is 35.5. The number of benzene rings is 1. The number of nitrogens with two attached hydrogens (primary N) is 1. The van der Waals surface area contributed by atoms with Crippen LogP contribution in [-0.4, -0.2) is 53.8 Å². The van der Waals surface area contributed by atoms with E-state index in [0.29, 0.717) is 41.5 Å². The molecule has 0 bridgehead atoms. The van der Waals surface area contributed by atoms with Gasteiger partial charge < -0.3 is 21.3 Å². The summed E-state index contributed by atoms with van der Waals surface area (Å²) in [6.45, 7) is 0.868. The van der Waals surface area contributed by atoms with E-state index in [1.165, 1.54) is 12.1 Å². The fourth-order valence-electron chi connectivity index (χ4n) is 3.60. The number of unbranched alkanes of at least 4 members (excludes halogenated alkanes) is 1. The van der Waals surface area contributed by atoms with Crippen molar-refractivity contribution >= 4 is 40.9 Å². The molecule has 7 nitrogen and oxygen atoms in total. The Morgan fingerprint density at radius 1 is 1.22 bits per heavy atom. The van der Waals surface area contributed by atoms with E-state index in [9.17, 15) is 14.4 Å². The third kappa shape index (κ3) is 4.54. The Labute approximate surface area is 167 Å². The van der Waals surface area contributed by atoms with Crippen LogP contribution in [0.15, 0.2) is 18.2 Å². The topological polar surface area (TPSA) is 105 Å². The highest BCUT2D eigenvalue weighted by Gasteiger charge is 2.46. The molecule has 3 atom stereocenters. The van der Waals surface area contributed by atoms with Crippen molar-refractivity contribution in [1.29, 1.82) is 0 Å². The van der Waals surface area contributed by atoms with Crippen molar-refractivity contribution in [3.8, 4) is 0 Å². The first-order chi connectivity index (χ1) is 12.9. The lowest BCUT2D eigenvalue weighted by molar-refractivity contribution is -0.147. The van der Waals surface area contributed by atoms with E-state index < -0.39 is 12.1 Å². The lowest BCUT2D eigenvalue weighted by Gasteiger charge is -2.34. The molecule has 2 heterocycles. The molecule has 0 aromatic heterocycles. The van der Waals surface area contributed by atoms with Crippen molar-refractivity contribution in [3.05, 3.63) is 33.8 Å². The Balaban J connectivity index is 1.63. The van der Waals surface area contributed by atoms with E-state index in [1.807, 2.05) is 0 Å². The Hall–Kier alpha value is -1.83. The van der Waals surface area contributed by atoms with E-state index in [0.717, 1.165) is 12.8 Å². The Bertz CT molecular complexity index is 738. The zero-order valence-corrected chi connectivity index (χ0v) is 16.2. The number of nitrogens with one attached hydrogen (secondary N) is 2. The molecule has 0 radical (unpaired) electrons. The highest BCUT2D eigenvalue weighted by molar-refractivity contribution is 6.35. The second-order valence-corrected chi connectivity index (χ2v) is 7.79. The average molecular weight is 413 g/mol. The minimum absolute atomic E-state index is 0.0980. The lowest BCUT2D eigenvalue weighted by Crippen LogP contribution is -2.61. The van der Waals surface area contributed by atoms with Gasteiger partial charge in [0.15, 0.2) is 0 Å². The second-order valence-electron chi connectivity index (χ2n) is 6.92. The number of amides is 3. The van der Waals surface area contributed by atoms with E-state index >= 15 is 0 Å². The van der Waals surface area contributed by atoms with E-state index in [2.05, 4.69) is 10.6 Å². The van der Waals surface area contributed by atoms with E-state index in [4.69, 9.17) is 28.9 Å². The molecular weight excluding hydrogens is 391 g/mol. The van der Waals surface area contributed by atoms with Crippen LogP contribution in [0.5, 0.6) is 0 Å². The summed E-state index contributed by atoms with van der Waals surface area (Å²) in [5.74, 6) is -0.606. The number of rotatable bonds is 6. The predicted octanol–water partition coefficient (Wildman–Crippen LogP) is 1.32. The van der Waals surface area contributed by atoms with Crippen LogP contribution in [0.1, 0.15) is 36.0 Å². The standard InChI is InChI=1S/C18H22Cl2N4O3/c19-11-5-10(6-12(20)7-11)16(25)22-13-8-15-17(26)23-14(3-1-2-4-21)18(27)24(15)9-13/h5-7,13-15H,1-4,8-9,21H2,(H,22,25)(H,23,26)/t13-,14-,15-/m0/s1. The van der Waals surface area contributed by atoms with Crippen molar-refractivity contribution in [3.63, 3.8) is 0 Å². The Morgan fingerprint density at radius 2 is 1.93 bits per heavy atom. The molecular formula is C18H22Cl2N4O3. The van der Waals surface area contributed by atoms with Gasteiger partial charge in [0, 0.05) is 28.2 Å². The molecule has 2 aliphatic rings. The van der Waals surface area contributed by atoms with Gasteiger partial charge >= 0.3 is 0 Å². The molecule has 0 spiro atoms. The van der Waals surface area contributed by atoms with E-state index in [1.54, 1.807) is 11.0 Å². The summed E-state index contributed by atoms with van der Waals surface area (Å²) in [7, 11) is 0. The van der Waals surface area contributed by atoms with Gasteiger partial charge in [0.1, 0.15) is 12.1 Å². The summed E-state index contributed by atoms with van der Waals surface area (Å²) in [6.07, 6.45) is 2.54. The maximum absolute atomic E-state index is 12.7. The Morgan fingerprint density at radius 3 is 2.59 bits per heavy atom. The maximum atomic E-state index is 12.7. The molecule has 3 rings (SSSR count). The van der Waals surface area contributed by atoms with Crippen LogP contribution in [0.2, 0.25) is 10.0 Å². The second kappa shape index (κ2) is 8.46. The number of halogens is 2. The minimum atomic E-state index is -0.545. The fraction of sp³-hybridized carbons (Fsp3) is 0.500. The van der Waals surface area contributed by atoms with Gasteiger partial charge in [-0.3, -0.25) is 14.4 Å². The summed E-state index contributed by atoms with van der Waals surface area (Å²) in [4.78, 5) is 39.1. The maximum Gasteiger partial charge on any atom is 0.251 e. The molecule has 0 saturated carbocycles. The van der Waals surface area contributed by atoms with Crippen molar-refractivity contribution < 1.29 is 14.4 Å². The molecule has 9 heteroatoms. The Kier molecular flexibility index (Phi) is 6.24. The van der Waals surface area contributed by atoms with Gasteiger partial charge in [0.2, 0.25) is 11.8 Å². The molecule has 146 valence electrons. The number of carbonyl (C=O) groups is 3. The summed E-state index contributed by atoms with van der Waals surface area (Å²) < 4.78 is 0. The number of hydrogen-bond donors (Lipinski definition) is 3. The largest absolute Gasteiger partial charge is 0.347 e. The number of piperazine rings is 1. The van der Waals surface area contributed by atoms with Crippen molar-refractivity contribution in [2.75, 3.05) is 13.1 Å². The van der Waals surface area contributed by atoms with Gasteiger partial charge in [-0.1, -0.05) is 23.2 Å². The van der Waals surface area contributed by atoms with Crippen LogP contribution in [0.3, 0.4) is 0 Å². The van der Waals surface area contributed by atoms with Gasteiger partial charge in [-0.25, -0.2) is 0 Å². The molecule has 1 aromatic carbocycles. The molecule has 3 amide bonds. The van der Waals surface area contributed by atoms with Gasteiger partial charge in [-0.15, -0.1) is 0 Å². The van der Waals surface area contributed by atoms with Crippen LogP contribution >= 0.6 is 23.2 Å². The summed E-state index contributed by atoms with van der Waals surface area (Å²) >= 11 is 11.9. The molecule has 2 saturated heterocycles. The molecule has 1 aromatic rings. The van der Waals surface area contributed by atoms with Crippen molar-refractivity contribution in [2.24, 2.45) is 5.73 Å². The van der Waals surface area contributed by atoms with Gasteiger partial charge in [-0.2, -0.15) is 0 Å². The van der Waals surface area contributed by atoms with Crippen LogP contribution in [0, 0.1) is 0 Å². The quantitative estimate of drug-likeness (QED) is 0.612. The third-order valence-electron chi connectivity index (χ3n) is 4.91. The number of hydrogen-bond acceptors (Lipinski definition) is 4. The molecule has 2 fully saturated rings. The molecule has 4 N–H and O–H groups in total. The number of carbonyl (C=O) groups excluding carboxylic acids is 3. The van der Waals surface area contributed by atoms with Crippen LogP contribution < -0.4 is 16.4 Å². The van der Waals surface area contributed by atoms with Crippen molar-refractivity contribution in [1.82, 2.24) is 15.5 Å². The minimum Gasteiger partial charge on any atom is -0.347 e. The van der Waals surface area contributed by atoms with Gasteiger partial charge in [-0.05, 0) is 50.4 Å². The smallest absolute Gasteiger partial charge is 0.251 e. The van der Waals surface area contributed by atoms with Crippen LogP contribution in [-0.2, 0) is 9.59 Å². The normalized spacial score (nSPS) is 24.6. The highest BCUT2D eigenvalue weighted by Crippen LogP contribution is 2.25. The van der Waals surface area contributed by atoms with Gasteiger partial charge in [0.25, 0.3) is 5.91 Å². The lowest BCUT2D eigenvalue weighted by atomic mass is 10.0.